The minimum Gasteiger partial charge on any atom is -0.493 e. The molecule has 1 fully saturated rings. The number of nitrogens with one attached hydrogen (secondary N) is 2. The first kappa shape index (κ1) is 18.4. The molecule has 134 valence electrons. The van der Waals surface area contributed by atoms with Gasteiger partial charge in [0.25, 0.3) is 0 Å². The van der Waals surface area contributed by atoms with Crippen LogP contribution in [0.15, 0.2) is 18.2 Å². The molecule has 1 saturated heterocycles. The summed E-state index contributed by atoms with van der Waals surface area (Å²) in [4.78, 5) is 12.1. The number of amides is 2. The van der Waals surface area contributed by atoms with E-state index in [0.29, 0.717) is 24.0 Å². The fraction of sp³-hybridized carbons (Fsp3) is 0.611. The van der Waals surface area contributed by atoms with Crippen LogP contribution in [0.3, 0.4) is 0 Å². The molecule has 0 bridgehead atoms. The maximum atomic E-state index is 12.1. The predicted octanol–water partition coefficient (Wildman–Crippen LogP) is 2.88. The van der Waals surface area contributed by atoms with Crippen molar-refractivity contribution in [2.45, 2.75) is 38.8 Å². The van der Waals surface area contributed by atoms with Crippen LogP contribution >= 0.6 is 0 Å². The molecular weight excluding hydrogens is 308 g/mol. The summed E-state index contributed by atoms with van der Waals surface area (Å²) in [5.41, 5.74) is 0.961. The predicted molar refractivity (Wildman–Crippen MR) is 92.6 cm³/mol. The summed E-state index contributed by atoms with van der Waals surface area (Å²) < 4.78 is 16.1. The summed E-state index contributed by atoms with van der Waals surface area (Å²) in [7, 11) is 3.20. The molecule has 6 heteroatoms. The molecule has 0 spiro atoms. The highest BCUT2D eigenvalue weighted by Crippen LogP contribution is 2.29. The standard InChI is InChI=1S/C18H28N2O4/c1-12-9-14(7-8-24-12)11-19-18(21)20-13(2)15-5-6-16(22-3)17(10-15)23-4/h5-6,10,12-14H,7-9,11H2,1-4H3,(H2,19,20,21)/t12-,13-,14+/m0/s1. The van der Waals surface area contributed by atoms with Crippen LogP contribution in [0.2, 0.25) is 0 Å². The van der Waals surface area contributed by atoms with E-state index in [0.717, 1.165) is 25.0 Å². The average molecular weight is 336 g/mol. The van der Waals surface area contributed by atoms with Gasteiger partial charge in [0, 0.05) is 13.2 Å². The maximum Gasteiger partial charge on any atom is 0.315 e. The minimum atomic E-state index is -0.156. The zero-order chi connectivity index (χ0) is 17.5. The average Bonchev–Trinajstić information content (AvgIpc) is 2.59. The lowest BCUT2D eigenvalue weighted by atomic mass is 9.96. The molecule has 2 rings (SSSR count). The molecule has 1 aromatic carbocycles. The second-order valence-electron chi connectivity index (χ2n) is 6.26. The lowest BCUT2D eigenvalue weighted by molar-refractivity contribution is 0.00345. The van der Waals surface area contributed by atoms with Gasteiger partial charge in [0.1, 0.15) is 0 Å². The van der Waals surface area contributed by atoms with Crippen LogP contribution in [0.25, 0.3) is 0 Å². The monoisotopic (exact) mass is 336 g/mol. The molecule has 0 radical (unpaired) electrons. The molecular formula is C18H28N2O4. The summed E-state index contributed by atoms with van der Waals surface area (Å²) in [6.07, 6.45) is 2.26. The first-order valence-electron chi connectivity index (χ1n) is 8.41. The molecule has 24 heavy (non-hydrogen) atoms. The topological polar surface area (TPSA) is 68.8 Å². The third-order valence-corrected chi connectivity index (χ3v) is 4.40. The van der Waals surface area contributed by atoms with E-state index in [-0.39, 0.29) is 18.2 Å². The molecule has 0 saturated carbocycles. The van der Waals surface area contributed by atoms with Gasteiger partial charge in [-0.25, -0.2) is 4.79 Å². The highest BCUT2D eigenvalue weighted by molar-refractivity contribution is 5.74. The third kappa shape index (κ3) is 5.03. The fourth-order valence-electron chi connectivity index (χ4n) is 2.97. The first-order chi connectivity index (χ1) is 11.5. The molecule has 2 N–H and O–H groups in total. The van der Waals surface area contributed by atoms with Crippen LogP contribution in [0.4, 0.5) is 4.79 Å². The van der Waals surface area contributed by atoms with Crippen molar-refractivity contribution in [3.8, 4) is 11.5 Å². The number of carbonyl (C=O) groups is 1. The van der Waals surface area contributed by atoms with Gasteiger partial charge >= 0.3 is 6.03 Å². The van der Waals surface area contributed by atoms with Gasteiger partial charge in [-0.2, -0.15) is 0 Å². The van der Waals surface area contributed by atoms with Crippen molar-refractivity contribution in [1.29, 1.82) is 0 Å². The normalized spacial score (nSPS) is 21.7. The highest BCUT2D eigenvalue weighted by atomic mass is 16.5. The van der Waals surface area contributed by atoms with Crippen molar-refractivity contribution in [3.05, 3.63) is 23.8 Å². The number of benzene rings is 1. The van der Waals surface area contributed by atoms with Gasteiger partial charge in [0.05, 0.1) is 26.4 Å². The molecule has 1 aliphatic heterocycles. The van der Waals surface area contributed by atoms with E-state index in [2.05, 4.69) is 17.6 Å². The Bertz CT molecular complexity index is 550. The first-order valence-corrected chi connectivity index (χ1v) is 8.41. The van der Waals surface area contributed by atoms with Crippen molar-refractivity contribution in [2.75, 3.05) is 27.4 Å². The Morgan fingerprint density at radius 2 is 2.08 bits per heavy atom. The second kappa shape index (κ2) is 8.78. The van der Waals surface area contributed by atoms with E-state index in [9.17, 15) is 4.79 Å². The largest absolute Gasteiger partial charge is 0.493 e. The molecule has 1 aromatic rings. The van der Waals surface area contributed by atoms with E-state index >= 15 is 0 Å². The Hall–Kier alpha value is -1.95. The van der Waals surface area contributed by atoms with Crippen molar-refractivity contribution in [2.24, 2.45) is 5.92 Å². The Kier molecular flexibility index (Phi) is 6.73. The van der Waals surface area contributed by atoms with Gasteiger partial charge in [-0.15, -0.1) is 0 Å². The van der Waals surface area contributed by atoms with Gasteiger partial charge in [0.2, 0.25) is 0 Å². The van der Waals surface area contributed by atoms with E-state index in [4.69, 9.17) is 14.2 Å². The van der Waals surface area contributed by atoms with E-state index < -0.39 is 0 Å². The Morgan fingerprint density at radius 3 is 2.75 bits per heavy atom. The van der Waals surface area contributed by atoms with Gasteiger partial charge in [-0.1, -0.05) is 6.07 Å². The number of urea groups is 1. The summed E-state index contributed by atoms with van der Waals surface area (Å²) in [6.45, 7) is 5.47. The number of hydrogen-bond donors (Lipinski definition) is 2. The summed E-state index contributed by atoms with van der Waals surface area (Å²) in [6, 6.07) is 5.36. The zero-order valence-electron chi connectivity index (χ0n) is 14.9. The number of rotatable bonds is 6. The number of methoxy groups -OCH3 is 2. The van der Waals surface area contributed by atoms with E-state index in [1.54, 1.807) is 14.2 Å². The van der Waals surface area contributed by atoms with Crippen LogP contribution < -0.4 is 20.1 Å². The molecule has 1 aliphatic rings. The fourth-order valence-corrected chi connectivity index (χ4v) is 2.97. The van der Waals surface area contributed by atoms with Crippen molar-refractivity contribution >= 4 is 6.03 Å². The molecule has 0 aliphatic carbocycles. The molecule has 3 atom stereocenters. The molecule has 0 aromatic heterocycles. The van der Waals surface area contributed by atoms with Crippen LogP contribution in [0.1, 0.15) is 38.3 Å². The number of hydrogen-bond acceptors (Lipinski definition) is 4. The number of carbonyl (C=O) groups excluding carboxylic acids is 1. The summed E-state index contributed by atoms with van der Waals surface area (Å²) >= 11 is 0. The molecule has 0 unspecified atom stereocenters. The van der Waals surface area contributed by atoms with Crippen molar-refractivity contribution in [1.82, 2.24) is 10.6 Å². The van der Waals surface area contributed by atoms with Crippen LogP contribution in [-0.2, 0) is 4.74 Å². The number of ether oxygens (including phenoxy) is 3. The second-order valence-corrected chi connectivity index (χ2v) is 6.26. The smallest absolute Gasteiger partial charge is 0.315 e. The van der Waals surface area contributed by atoms with Crippen molar-refractivity contribution < 1.29 is 19.0 Å². The van der Waals surface area contributed by atoms with Crippen LogP contribution in [0.5, 0.6) is 11.5 Å². The van der Waals surface area contributed by atoms with Crippen LogP contribution in [0, 0.1) is 5.92 Å². The quantitative estimate of drug-likeness (QED) is 0.838. The van der Waals surface area contributed by atoms with E-state index in [1.807, 2.05) is 25.1 Å². The van der Waals surface area contributed by atoms with Gasteiger partial charge in [-0.05, 0) is 50.3 Å². The molecule has 1 heterocycles. The Labute approximate surface area is 143 Å². The SMILES string of the molecule is COc1ccc([C@H](C)NC(=O)NC[C@@H]2CCO[C@@H](C)C2)cc1OC. The highest BCUT2D eigenvalue weighted by Gasteiger charge is 2.20. The third-order valence-electron chi connectivity index (χ3n) is 4.40. The molecule has 2 amide bonds. The van der Waals surface area contributed by atoms with Gasteiger partial charge < -0.3 is 24.8 Å². The minimum absolute atomic E-state index is 0.126. The maximum absolute atomic E-state index is 12.1. The lowest BCUT2D eigenvalue weighted by Gasteiger charge is -2.27. The Balaban J connectivity index is 1.84. The van der Waals surface area contributed by atoms with E-state index in [1.165, 1.54) is 0 Å². The van der Waals surface area contributed by atoms with Crippen LogP contribution in [-0.4, -0.2) is 39.5 Å². The molecule has 6 nitrogen and oxygen atoms in total. The van der Waals surface area contributed by atoms with Gasteiger partial charge in [-0.3, -0.25) is 0 Å². The zero-order valence-corrected chi connectivity index (χ0v) is 14.9. The van der Waals surface area contributed by atoms with Gasteiger partial charge in [0.15, 0.2) is 11.5 Å². The summed E-state index contributed by atoms with van der Waals surface area (Å²) in [5, 5.41) is 5.92. The summed E-state index contributed by atoms with van der Waals surface area (Å²) in [5.74, 6) is 1.81. The lowest BCUT2D eigenvalue weighted by Crippen LogP contribution is -2.41. The Morgan fingerprint density at radius 1 is 1.33 bits per heavy atom. The van der Waals surface area contributed by atoms with Crippen molar-refractivity contribution in [3.63, 3.8) is 0 Å².